The monoisotopic (exact) mass is 272 g/mol. The molecule has 0 saturated carbocycles. The minimum absolute atomic E-state index is 0.0651. The molecule has 0 unspecified atom stereocenters. The van der Waals surface area contributed by atoms with Gasteiger partial charge in [0.25, 0.3) is 5.91 Å². The number of rotatable bonds is 4. The normalized spacial score (nSPS) is 10.2. The first-order valence-corrected chi connectivity index (χ1v) is 6.43. The maximum Gasteiger partial charge on any atom is 0.257 e. The molecule has 0 saturated heterocycles. The van der Waals surface area contributed by atoms with Crippen molar-refractivity contribution in [3.63, 3.8) is 0 Å². The quantitative estimate of drug-likeness (QED) is 0.794. The van der Waals surface area contributed by atoms with Gasteiger partial charge in [-0.15, -0.1) is 0 Å². The molecule has 0 aliphatic heterocycles. The number of H-pyrrole nitrogens is 1. The van der Waals surface area contributed by atoms with Crippen molar-refractivity contribution in [1.82, 2.24) is 10.3 Å². The molecule has 0 fully saturated rings. The molecule has 5 heteroatoms. The molecule has 1 amide bonds. The van der Waals surface area contributed by atoms with Crippen molar-refractivity contribution in [1.29, 1.82) is 0 Å². The Morgan fingerprint density at radius 2 is 2.00 bits per heavy atom. The van der Waals surface area contributed by atoms with Gasteiger partial charge in [0.15, 0.2) is 5.75 Å². The van der Waals surface area contributed by atoms with Crippen LogP contribution in [0.3, 0.4) is 0 Å². The zero-order chi connectivity index (χ0) is 14.5. The Balaban J connectivity index is 2.56. The van der Waals surface area contributed by atoms with Crippen molar-refractivity contribution >= 4 is 5.91 Å². The fourth-order valence-corrected chi connectivity index (χ4v) is 1.90. The van der Waals surface area contributed by atoms with Crippen molar-refractivity contribution in [3.8, 4) is 17.0 Å². The van der Waals surface area contributed by atoms with E-state index in [4.69, 9.17) is 0 Å². The maximum absolute atomic E-state index is 12.1. The largest absolute Gasteiger partial charge is 0.503 e. The Bertz CT molecular complexity index is 663. The van der Waals surface area contributed by atoms with Crippen LogP contribution in [-0.4, -0.2) is 22.5 Å². The van der Waals surface area contributed by atoms with E-state index in [0.717, 1.165) is 6.42 Å². The Labute approximate surface area is 116 Å². The molecule has 2 rings (SSSR count). The van der Waals surface area contributed by atoms with Gasteiger partial charge in [0, 0.05) is 12.7 Å². The third-order valence-electron chi connectivity index (χ3n) is 2.89. The second-order valence-electron chi connectivity index (χ2n) is 4.37. The van der Waals surface area contributed by atoms with E-state index >= 15 is 0 Å². The Morgan fingerprint density at radius 3 is 2.65 bits per heavy atom. The van der Waals surface area contributed by atoms with Gasteiger partial charge in [0.1, 0.15) is 5.56 Å². The number of aromatic amines is 1. The number of benzene rings is 1. The summed E-state index contributed by atoms with van der Waals surface area (Å²) in [5, 5.41) is 12.2. The summed E-state index contributed by atoms with van der Waals surface area (Å²) in [6, 6.07) is 9.05. The van der Waals surface area contributed by atoms with Crippen molar-refractivity contribution < 1.29 is 9.90 Å². The summed E-state index contributed by atoms with van der Waals surface area (Å²) in [7, 11) is 0. The molecular formula is C15H16N2O3. The highest BCUT2D eigenvalue weighted by atomic mass is 16.3. The van der Waals surface area contributed by atoms with Crippen LogP contribution in [0.1, 0.15) is 23.7 Å². The Morgan fingerprint density at radius 1 is 1.30 bits per heavy atom. The molecule has 0 atom stereocenters. The van der Waals surface area contributed by atoms with Gasteiger partial charge >= 0.3 is 0 Å². The van der Waals surface area contributed by atoms with Crippen molar-refractivity contribution in [3.05, 3.63) is 52.3 Å². The molecule has 0 aliphatic rings. The predicted molar refractivity (Wildman–Crippen MR) is 76.8 cm³/mol. The Kier molecular flexibility index (Phi) is 4.20. The summed E-state index contributed by atoms with van der Waals surface area (Å²) in [4.78, 5) is 27.0. The molecule has 0 spiro atoms. The zero-order valence-corrected chi connectivity index (χ0v) is 11.1. The number of hydrogen-bond acceptors (Lipinski definition) is 3. The average molecular weight is 272 g/mol. The lowest BCUT2D eigenvalue weighted by molar-refractivity contribution is 0.0952. The van der Waals surface area contributed by atoms with Gasteiger partial charge < -0.3 is 15.4 Å². The molecule has 20 heavy (non-hydrogen) atoms. The summed E-state index contributed by atoms with van der Waals surface area (Å²) >= 11 is 0. The summed E-state index contributed by atoms with van der Waals surface area (Å²) in [6.45, 7) is 2.40. The molecule has 3 N–H and O–H groups in total. The van der Waals surface area contributed by atoms with E-state index in [1.807, 2.05) is 25.1 Å². The maximum atomic E-state index is 12.1. The highest BCUT2D eigenvalue weighted by Gasteiger charge is 2.19. The highest BCUT2D eigenvalue weighted by molar-refractivity contribution is 6.00. The summed E-state index contributed by atoms with van der Waals surface area (Å²) in [6.07, 6.45) is 1.96. The topological polar surface area (TPSA) is 82.2 Å². The van der Waals surface area contributed by atoms with Gasteiger partial charge in [-0.05, 0) is 12.0 Å². The zero-order valence-electron chi connectivity index (χ0n) is 11.1. The number of carbonyl (C=O) groups is 1. The fraction of sp³-hybridized carbons (Fsp3) is 0.200. The second kappa shape index (κ2) is 6.06. The first kappa shape index (κ1) is 13.9. The van der Waals surface area contributed by atoms with Crippen LogP contribution in [0.5, 0.6) is 5.75 Å². The first-order chi connectivity index (χ1) is 9.65. The van der Waals surface area contributed by atoms with Gasteiger partial charge in [-0.3, -0.25) is 9.59 Å². The smallest absolute Gasteiger partial charge is 0.257 e. The van der Waals surface area contributed by atoms with E-state index in [2.05, 4.69) is 10.3 Å². The number of amides is 1. The van der Waals surface area contributed by atoms with E-state index < -0.39 is 17.1 Å². The molecule has 0 radical (unpaired) electrons. The van der Waals surface area contributed by atoms with Crippen molar-refractivity contribution in [2.45, 2.75) is 13.3 Å². The van der Waals surface area contributed by atoms with Gasteiger partial charge in [-0.1, -0.05) is 37.3 Å². The third kappa shape index (κ3) is 2.71. The number of aromatic hydroxyl groups is 1. The van der Waals surface area contributed by atoms with Gasteiger partial charge in [-0.2, -0.15) is 0 Å². The van der Waals surface area contributed by atoms with Crippen LogP contribution in [0.4, 0.5) is 0 Å². The molecule has 1 aromatic carbocycles. The molecule has 5 nitrogen and oxygen atoms in total. The number of aromatic nitrogens is 1. The van der Waals surface area contributed by atoms with E-state index in [1.165, 1.54) is 6.20 Å². The van der Waals surface area contributed by atoms with Crippen LogP contribution >= 0.6 is 0 Å². The van der Waals surface area contributed by atoms with Crippen LogP contribution in [-0.2, 0) is 0 Å². The number of carbonyl (C=O) groups excluding carboxylic acids is 1. The summed E-state index contributed by atoms with van der Waals surface area (Å²) in [5.41, 5.74) is 0.383. The van der Waals surface area contributed by atoms with E-state index in [-0.39, 0.29) is 5.56 Å². The molecule has 1 heterocycles. The van der Waals surface area contributed by atoms with Crippen molar-refractivity contribution in [2.75, 3.05) is 6.54 Å². The lowest BCUT2D eigenvalue weighted by Crippen LogP contribution is -2.30. The molecular weight excluding hydrogens is 256 g/mol. The van der Waals surface area contributed by atoms with Crippen LogP contribution < -0.4 is 10.7 Å². The van der Waals surface area contributed by atoms with Crippen LogP contribution in [0, 0.1) is 0 Å². The molecule has 0 bridgehead atoms. The first-order valence-electron chi connectivity index (χ1n) is 6.43. The third-order valence-corrected chi connectivity index (χ3v) is 2.89. The molecule has 1 aromatic heterocycles. The van der Waals surface area contributed by atoms with Crippen LogP contribution in [0.2, 0.25) is 0 Å². The average Bonchev–Trinajstić information content (AvgIpc) is 2.48. The summed E-state index contributed by atoms with van der Waals surface area (Å²) < 4.78 is 0. The van der Waals surface area contributed by atoms with E-state index in [9.17, 15) is 14.7 Å². The standard InChI is InChI=1S/C15H16N2O3/c1-2-8-16-15(20)12-13(10-6-4-3-5-7-10)17-9-11(18)14(12)19/h3-7,9,18H,2,8H2,1H3,(H,16,20)(H,17,19). The van der Waals surface area contributed by atoms with Gasteiger partial charge in [0.2, 0.25) is 5.43 Å². The Hall–Kier alpha value is -2.56. The molecule has 2 aromatic rings. The second-order valence-corrected chi connectivity index (χ2v) is 4.37. The number of pyridine rings is 1. The SMILES string of the molecule is CCCNC(=O)c1c(-c2ccccc2)[nH]cc(O)c1=O. The van der Waals surface area contributed by atoms with E-state index in [1.54, 1.807) is 12.1 Å². The van der Waals surface area contributed by atoms with Crippen molar-refractivity contribution in [2.24, 2.45) is 0 Å². The van der Waals surface area contributed by atoms with E-state index in [0.29, 0.717) is 17.8 Å². The molecule has 0 aliphatic carbocycles. The van der Waals surface area contributed by atoms with Gasteiger partial charge in [-0.25, -0.2) is 0 Å². The number of nitrogens with one attached hydrogen (secondary N) is 2. The highest BCUT2D eigenvalue weighted by Crippen LogP contribution is 2.20. The summed E-state index contributed by atoms with van der Waals surface area (Å²) in [5.74, 6) is -0.950. The minimum atomic E-state index is -0.670. The van der Waals surface area contributed by atoms with Crippen LogP contribution in [0.25, 0.3) is 11.3 Å². The van der Waals surface area contributed by atoms with Gasteiger partial charge in [0.05, 0.1) is 5.69 Å². The molecule has 104 valence electrons. The lowest BCUT2D eigenvalue weighted by atomic mass is 10.0. The minimum Gasteiger partial charge on any atom is -0.503 e. The lowest BCUT2D eigenvalue weighted by Gasteiger charge is -2.10. The predicted octanol–water partition coefficient (Wildman–Crippen LogP) is 1.89. The fourth-order valence-electron chi connectivity index (χ4n) is 1.90. The number of hydrogen-bond donors (Lipinski definition) is 3. The van der Waals surface area contributed by atoms with Crippen LogP contribution in [0.15, 0.2) is 41.3 Å².